The van der Waals surface area contributed by atoms with Crippen molar-refractivity contribution in [3.05, 3.63) is 232 Å². The molecule has 1 saturated heterocycles. The molecule has 0 unspecified atom stereocenters. The van der Waals surface area contributed by atoms with E-state index in [-0.39, 0.29) is 34.9 Å². The molecule has 1 atom stereocenters. The zero-order valence-electron chi connectivity index (χ0n) is 67.3. The average Bonchev–Trinajstić information content (AvgIpc) is 1.59. The first-order valence-corrected chi connectivity index (χ1v) is 41.5. The second-order valence-electron chi connectivity index (χ2n) is 31.3. The minimum absolute atomic E-state index is 0.317. The monoisotopic (exact) mass is 1740 g/mol. The van der Waals surface area contributed by atoms with Crippen molar-refractivity contribution in [3.63, 3.8) is 0 Å². The van der Waals surface area contributed by atoms with Gasteiger partial charge < -0.3 is 58.8 Å². The number of H-pyrrole nitrogens is 8. The summed E-state index contributed by atoms with van der Waals surface area (Å²) in [6, 6.07) is 47.4. The molecule has 1 aliphatic rings. The van der Waals surface area contributed by atoms with Gasteiger partial charge in [-0.15, -0.1) is 25.5 Å². The lowest BCUT2D eigenvalue weighted by Gasteiger charge is -2.15. The third-order valence-corrected chi connectivity index (χ3v) is 23.6. The van der Waals surface area contributed by atoms with Crippen molar-refractivity contribution in [2.75, 3.05) is 46.1 Å². The molecule has 632 valence electrons. The lowest BCUT2D eigenvalue weighted by molar-refractivity contribution is 0.227. The highest BCUT2D eigenvalue weighted by Crippen LogP contribution is 2.47. The van der Waals surface area contributed by atoms with E-state index in [0.29, 0.717) is 117 Å². The van der Waals surface area contributed by atoms with Gasteiger partial charge in [0.1, 0.15) is 60.1 Å². The smallest absolute Gasteiger partial charge is 0.171 e. The van der Waals surface area contributed by atoms with E-state index < -0.39 is 6.17 Å². The topological polar surface area (TPSA) is 297 Å². The summed E-state index contributed by atoms with van der Waals surface area (Å²) in [7, 11) is 0. The maximum absolute atomic E-state index is 14.0. The maximum atomic E-state index is 14.0. The van der Waals surface area contributed by atoms with Crippen molar-refractivity contribution in [2.24, 2.45) is 0 Å². The molecule has 25 nitrogen and oxygen atoms in total. The Hall–Kier alpha value is -14.5. The summed E-state index contributed by atoms with van der Waals surface area (Å²) in [5, 5.41) is 50.6. The summed E-state index contributed by atoms with van der Waals surface area (Å²) in [4.78, 5) is 32.2. The van der Waals surface area contributed by atoms with E-state index in [9.17, 15) is 30.7 Å². The third-order valence-electron chi connectivity index (χ3n) is 23.1. The lowest BCUT2D eigenvalue weighted by atomic mass is 10.1. The van der Waals surface area contributed by atoms with Crippen molar-refractivity contribution < 1.29 is 49.7 Å². The maximum Gasteiger partial charge on any atom is 0.171 e. The van der Waals surface area contributed by atoms with E-state index in [2.05, 4.69) is 92.3 Å². The Bertz CT molecular complexity index is 7860. The number of aromatic nitrogens is 20. The number of tetrazole rings is 3. The zero-order chi connectivity index (χ0) is 85.9. The number of nitrogens with one attached hydrogen (secondary N) is 8. The first kappa shape index (κ1) is 78.7. The molecule has 0 radical (unpaired) electrons. The molecular formula is C92H72Cl2F7N21O4. The Morgan fingerprint density at radius 1 is 0.333 bits per heavy atom. The lowest BCUT2D eigenvalue weighted by Crippen LogP contribution is -2.26. The van der Waals surface area contributed by atoms with Crippen molar-refractivity contribution in [2.45, 2.75) is 65.8 Å². The SMILES string of the molecule is Cc1nnn(CCCOc2c3[nH]c4ccc(F)cc4c3cc3c2[nH]c2ccc(F)cc23)n1.Cc1nnn(CCOc2c3[nH]c4ccc(Cl)cc4c3cc3c2[nH]c2ccc(Cl)cc23)n1.Cc1nnnn1CCCOc1c2[nH]c3ccc(F)cc3c2cc2c1[nH]c1ccc(F)cc12.Fc1ccc2[nH]c3c(OCCN4CC[C@@H](F)C4)c4[nH]c5ccc(F)cc5c4cc3c2c1. The van der Waals surface area contributed by atoms with Crippen molar-refractivity contribution >= 4 is 198 Å². The van der Waals surface area contributed by atoms with Gasteiger partial charge in [-0.3, -0.25) is 4.90 Å². The molecule has 24 rings (SSSR count). The van der Waals surface area contributed by atoms with Gasteiger partial charge in [0.25, 0.3) is 0 Å². The van der Waals surface area contributed by atoms with E-state index >= 15 is 0 Å². The molecule has 1 aliphatic heterocycles. The van der Waals surface area contributed by atoms with E-state index in [1.54, 1.807) is 54.9 Å². The number of ether oxygens (including phenoxy) is 4. The quantitative estimate of drug-likeness (QED) is 0.0293. The average molecular weight is 1740 g/mol. The number of hydrogen-bond acceptors (Lipinski definition) is 14. The van der Waals surface area contributed by atoms with Crippen LogP contribution in [0.5, 0.6) is 23.0 Å². The molecule has 0 amide bonds. The van der Waals surface area contributed by atoms with Crippen LogP contribution in [0.4, 0.5) is 30.7 Å². The van der Waals surface area contributed by atoms with Gasteiger partial charge in [-0.25, -0.2) is 35.4 Å². The Kier molecular flexibility index (Phi) is 20.0. The number of likely N-dealkylation sites (tertiary alicyclic amines) is 1. The summed E-state index contributed by atoms with van der Waals surface area (Å²) >= 11 is 12.6. The molecule has 23 aromatic rings. The predicted molar refractivity (Wildman–Crippen MR) is 475 cm³/mol. The molecule has 34 heteroatoms. The summed E-state index contributed by atoms with van der Waals surface area (Å²) in [5.41, 5.74) is 13.2. The number of halogens is 9. The molecular weight excluding hydrogens is 1670 g/mol. The molecule has 1 fully saturated rings. The molecule has 12 heterocycles. The van der Waals surface area contributed by atoms with E-state index in [1.807, 2.05) is 66.4 Å². The van der Waals surface area contributed by atoms with Gasteiger partial charge >= 0.3 is 0 Å². The van der Waals surface area contributed by atoms with Crippen LogP contribution < -0.4 is 18.9 Å². The zero-order valence-corrected chi connectivity index (χ0v) is 68.8. The highest BCUT2D eigenvalue weighted by atomic mass is 35.5. The van der Waals surface area contributed by atoms with Gasteiger partial charge in [0.05, 0.1) is 70.4 Å². The molecule has 0 bridgehead atoms. The fourth-order valence-electron chi connectivity index (χ4n) is 17.3. The highest BCUT2D eigenvalue weighted by molar-refractivity contribution is 6.33. The predicted octanol–water partition coefficient (Wildman–Crippen LogP) is 21.3. The highest BCUT2D eigenvalue weighted by Gasteiger charge is 2.27. The number of aromatic amines is 8. The number of fused-ring (bicyclic) bond motifs is 24. The molecule has 0 spiro atoms. The fourth-order valence-corrected chi connectivity index (χ4v) is 17.7. The number of nitrogens with zero attached hydrogens (tertiary/aromatic N) is 13. The van der Waals surface area contributed by atoms with Crippen LogP contribution in [0.25, 0.3) is 174 Å². The molecule has 8 N–H and O–H groups in total. The van der Waals surface area contributed by atoms with Crippen LogP contribution in [0.3, 0.4) is 0 Å². The van der Waals surface area contributed by atoms with Crippen LogP contribution in [-0.2, 0) is 19.6 Å². The summed E-state index contributed by atoms with van der Waals surface area (Å²) in [6.45, 7) is 10.5. The second-order valence-corrected chi connectivity index (χ2v) is 32.2. The van der Waals surface area contributed by atoms with Crippen LogP contribution in [0.1, 0.15) is 36.7 Å². The van der Waals surface area contributed by atoms with Crippen molar-refractivity contribution in [1.29, 1.82) is 0 Å². The van der Waals surface area contributed by atoms with Crippen LogP contribution in [0, 0.1) is 55.7 Å². The summed E-state index contributed by atoms with van der Waals surface area (Å²) in [5.74, 6) is 2.66. The van der Waals surface area contributed by atoms with Crippen molar-refractivity contribution in [1.82, 2.24) is 105 Å². The van der Waals surface area contributed by atoms with Gasteiger partial charge in [-0.1, -0.05) is 23.2 Å². The minimum atomic E-state index is -0.776. The van der Waals surface area contributed by atoms with Gasteiger partial charge in [-0.2, -0.15) is 9.59 Å². The second kappa shape index (κ2) is 32.0. The Balaban J connectivity index is 0.000000103. The normalized spacial score (nSPS) is 13.3. The van der Waals surface area contributed by atoms with Crippen LogP contribution in [0.2, 0.25) is 10.0 Å². The van der Waals surface area contributed by atoms with Crippen LogP contribution in [-0.4, -0.2) is 158 Å². The molecule has 11 aromatic heterocycles. The minimum Gasteiger partial charge on any atom is -0.489 e. The van der Waals surface area contributed by atoms with Gasteiger partial charge in [0, 0.05) is 179 Å². The summed E-state index contributed by atoms with van der Waals surface area (Å²) < 4.78 is 124. The molecule has 0 saturated carbocycles. The van der Waals surface area contributed by atoms with Gasteiger partial charge in [0.15, 0.2) is 34.6 Å². The number of alkyl halides is 1. The van der Waals surface area contributed by atoms with Crippen LogP contribution in [0.15, 0.2) is 170 Å². The number of benzene rings is 12. The first-order valence-electron chi connectivity index (χ1n) is 40.8. The number of rotatable bonds is 18. The third kappa shape index (κ3) is 14.7. The van der Waals surface area contributed by atoms with Gasteiger partial charge in [-0.05, 0) is 218 Å². The van der Waals surface area contributed by atoms with E-state index in [0.717, 1.165) is 193 Å². The number of hydrogen-bond donors (Lipinski definition) is 8. The fraction of sp³-hybridized carbons (Fsp3) is 0.185. The Morgan fingerprint density at radius 3 is 0.921 bits per heavy atom. The Labute approximate surface area is 715 Å². The molecule has 0 aliphatic carbocycles. The number of aryl methyl sites for hydroxylation is 5. The molecule has 12 aromatic carbocycles. The van der Waals surface area contributed by atoms with Crippen LogP contribution >= 0.6 is 23.2 Å². The van der Waals surface area contributed by atoms with Gasteiger partial charge in [0.2, 0.25) is 0 Å². The largest absolute Gasteiger partial charge is 0.489 e. The summed E-state index contributed by atoms with van der Waals surface area (Å²) in [6.07, 6.45) is 1.13. The van der Waals surface area contributed by atoms with Crippen molar-refractivity contribution in [3.8, 4) is 23.0 Å². The molecule has 126 heavy (non-hydrogen) atoms. The van der Waals surface area contributed by atoms with E-state index in [4.69, 9.17) is 42.1 Å². The standard InChI is InChI=1S/C24H20F3N3O.2C23H18F2N6O.C22H16Cl2N6O/c25-13-1-3-20-16(9-13)18-11-19-17-10-14(26)2-4-21(17)29-23(19)24(22(18)28-20)31-8-7-30-6-5-15(27)12-30;1-12-28-29-30-31(12)7-2-8-32-23-21-17(15-9-13(24)3-5-19(15)26-21)11-18-16-10-14(25)4-6-20(16)27-22(18)23;1-12-28-30-31(29-12)7-2-8-32-23-21-17(15-9-13(24)3-5-19(15)26-21)11-18-16-10-14(25)4-6-20(16)27-22(18)23;1-11-27-29-30(28-11)6-7-31-22-20-16(14-8-12(23)2-4-18(14)25-20)10-17-15-9-13(24)3-5-19(15)26-21(17)22/h1-4,9-11,15,28-29H,5-8,12H2;2*3-6,9-11,26-27H,2,7-8H2,1H3;2-5,8-10,25-26H,6-7H2,1H3/t15-;;;/m1.../s1. The van der Waals surface area contributed by atoms with E-state index in [1.165, 1.54) is 82.4 Å². The Morgan fingerprint density at radius 2 is 0.627 bits per heavy atom. The first-order chi connectivity index (χ1) is 61.3.